The fraction of sp³-hybridized carbons (Fsp3) is 0.0714. The first-order valence-electron chi connectivity index (χ1n) is 5.62. The van der Waals surface area contributed by atoms with Crippen molar-refractivity contribution in [3.8, 4) is 17.2 Å². The van der Waals surface area contributed by atoms with Crippen molar-refractivity contribution in [1.29, 1.82) is 0 Å². The number of methoxy groups -OCH3 is 1. The van der Waals surface area contributed by atoms with E-state index in [1.54, 1.807) is 19.2 Å². The van der Waals surface area contributed by atoms with Crippen molar-refractivity contribution in [2.75, 3.05) is 7.11 Å². The average molecular weight is 401 g/mol. The van der Waals surface area contributed by atoms with Gasteiger partial charge in [-0.15, -0.1) is 0 Å². The standard InChI is InChI=1S/C14H11Br2NO3/c1-19-10-2-4-11(5-3-10)20-14-12(15)6-9(8-17-18)7-13(14)16/h2-8,18H,1H3/b17-8+. The van der Waals surface area contributed by atoms with Crippen LogP contribution in [0.3, 0.4) is 0 Å². The molecule has 20 heavy (non-hydrogen) atoms. The van der Waals surface area contributed by atoms with E-state index in [2.05, 4.69) is 37.0 Å². The summed E-state index contributed by atoms with van der Waals surface area (Å²) in [5, 5.41) is 11.6. The van der Waals surface area contributed by atoms with E-state index in [4.69, 9.17) is 14.7 Å². The van der Waals surface area contributed by atoms with Crippen LogP contribution in [0.2, 0.25) is 0 Å². The Bertz CT molecular complexity index is 604. The van der Waals surface area contributed by atoms with E-state index in [1.807, 2.05) is 24.3 Å². The van der Waals surface area contributed by atoms with Crippen molar-refractivity contribution in [2.45, 2.75) is 0 Å². The molecule has 0 amide bonds. The van der Waals surface area contributed by atoms with Gasteiger partial charge < -0.3 is 14.7 Å². The maximum absolute atomic E-state index is 8.55. The number of oxime groups is 1. The molecule has 0 atom stereocenters. The second-order valence-corrected chi connectivity index (χ2v) is 5.54. The summed E-state index contributed by atoms with van der Waals surface area (Å²) in [5.41, 5.74) is 0.744. The number of rotatable bonds is 4. The van der Waals surface area contributed by atoms with Crippen molar-refractivity contribution in [3.63, 3.8) is 0 Å². The molecule has 4 nitrogen and oxygen atoms in total. The molecule has 0 unspecified atom stereocenters. The SMILES string of the molecule is COc1ccc(Oc2c(Br)cc(/C=N/O)cc2Br)cc1. The van der Waals surface area contributed by atoms with Crippen molar-refractivity contribution >= 4 is 38.1 Å². The van der Waals surface area contributed by atoms with E-state index in [9.17, 15) is 0 Å². The lowest BCUT2D eigenvalue weighted by Crippen LogP contribution is -1.90. The van der Waals surface area contributed by atoms with E-state index in [1.165, 1.54) is 6.21 Å². The summed E-state index contributed by atoms with van der Waals surface area (Å²) in [7, 11) is 1.62. The second-order valence-electron chi connectivity index (χ2n) is 3.84. The molecule has 2 aromatic carbocycles. The van der Waals surface area contributed by atoms with Gasteiger partial charge in [-0.25, -0.2) is 0 Å². The van der Waals surface area contributed by atoms with Crippen LogP contribution in [0.1, 0.15) is 5.56 Å². The first kappa shape index (κ1) is 14.9. The smallest absolute Gasteiger partial charge is 0.155 e. The number of halogens is 2. The Morgan fingerprint density at radius 1 is 1.05 bits per heavy atom. The molecule has 0 aromatic heterocycles. The van der Waals surface area contributed by atoms with Crippen LogP contribution in [0, 0.1) is 0 Å². The summed E-state index contributed by atoms with van der Waals surface area (Å²) in [6.07, 6.45) is 1.34. The van der Waals surface area contributed by atoms with Crippen molar-refractivity contribution in [2.24, 2.45) is 5.16 Å². The maximum atomic E-state index is 8.55. The molecule has 2 aromatic rings. The van der Waals surface area contributed by atoms with Gasteiger partial charge in [0.05, 0.1) is 22.3 Å². The van der Waals surface area contributed by atoms with Crippen LogP contribution in [-0.2, 0) is 0 Å². The molecular weight excluding hydrogens is 390 g/mol. The summed E-state index contributed by atoms with van der Waals surface area (Å²) in [6.45, 7) is 0. The van der Waals surface area contributed by atoms with Gasteiger partial charge in [0.15, 0.2) is 5.75 Å². The summed E-state index contributed by atoms with van der Waals surface area (Å²) < 4.78 is 12.4. The predicted molar refractivity (Wildman–Crippen MR) is 84.3 cm³/mol. The fourth-order valence-electron chi connectivity index (χ4n) is 1.58. The Morgan fingerprint density at radius 2 is 1.60 bits per heavy atom. The monoisotopic (exact) mass is 399 g/mol. The molecule has 0 aliphatic heterocycles. The Kier molecular flexibility index (Phi) is 5.03. The zero-order valence-electron chi connectivity index (χ0n) is 10.5. The van der Waals surface area contributed by atoms with Crippen LogP contribution in [-0.4, -0.2) is 18.5 Å². The number of benzene rings is 2. The summed E-state index contributed by atoms with van der Waals surface area (Å²) in [6, 6.07) is 10.9. The minimum absolute atomic E-state index is 0.644. The summed E-state index contributed by atoms with van der Waals surface area (Å²) >= 11 is 6.86. The highest BCUT2D eigenvalue weighted by molar-refractivity contribution is 9.11. The molecule has 0 fully saturated rings. The first-order valence-corrected chi connectivity index (χ1v) is 7.21. The minimum Gasteiger partial charge on any atom is -0.497 e. The number of ether oxygens (including phenoxy) is 2. The molecule has 0 aliphatic rings. The van der Waals surface area contributed by atoms with E-state index >= 15 is 0 Å². The zero-order valence-corrected chi connectivity index (χ0v) is 13.7. The highest BCUT2D eigenvalue weighted by atomic mass is 79.9. The molecule has 0 bridgehead atoms. The summed E-state index contributed by atoms with van der Waals surface area (Å²) in [5.74, 6) is 2.10. The fourth-order valence-corrected chi connectivity index (χ4v) is 2.96. The van der Waals surface area contributed by atoms with Crippen LogP contribution in [0.4, 0.5) is 0 Å². The minimum atomic E-state index is 0.644. The predicted octanol–water partition coefficient (Wildman–Crippen LogP) is 4.82. The third kappa shape index (κ3) is 3.52. The van der Waals surface area contributed by atoms with Gasteiger partial charge in [-0.3, -0.25) is 0 Å². The Hall–Kier alpha value is -1.53. The van der Waals surface area contributed by atoms with E-state index in [0.717, 1.165) is 20.3 Å². The van der Waals surface area contributed by atoms with Crippen LogP contribution in [0.5, 0.6) is 17.2 Å². The molecule has 1 N–H and O–H groups in total. The van der Waals surface area contributed by atoms with E-state index < -0.39 is 0 Å². The molecule has 0 heterocycles. The summed E-state index contributed by atoms with van der Waals surface area (Å²) in [4.78, 5) is 0. The highest BCUT2D eigenvalue weighted by Crippen LogP contribution is 2.37. The molecular formula is C14H11Br2NO3. The lowest BCUT2D eigenvalue weighted by atomic mass is 10.2. The molecule has 0 spiro atoms. The van der Waals surface area contributed by atoms with Gasteiger partial charge in [0.2, 0.25) is 0 Å². The molecule has 0 saturated carbocycles. The highest BCUT2D eigenvalue weighted by Gasteiger charge is 2.10. The van der Waals surface area contributed by atoms with Crippen LogP contribution in [0.15, 0.2) is 50.5 Å². The molecule has 0 aliphatic carbocycles. The first-order chi connectivity index (χ1) is 9.63. The van der Waals surface area contributed by atoms with Crippen molar-refractivity contribution in [3.05, 3.63) is 50.9 Å². The van der Waals surface area contributed by atoms with Crippen LogP contribution >= 0.6 is 31.9 Å². The lowest BCUT2D eigenvalue weighted by Gasteiger charge is -2.11. The lowest BCUT2D eigenvalue weighted by molar-refractivity contribution is 0.322. The molecule has 0 saturated heterocycles. The Balaban J connectivity index is 2.28. The molecule has 104 valence electrons. The third-order valence-electron chi connectivity index (χ3n) is 2.51. The van der Waals surface area contributed by atoms with E-state index in [0.29, 0.717) is 11.5 Å². The number of nitrogens with zero attached hydrogens (tertiary/aromatic N) is 1. The van der Waals surface area contributed by atoms with Gasteiger partial charge in [0.1, 0.15) is 11.5 Å². The second kappa shape index (κ2) is 6.76. The van der Waals surface area contributed by atoms with Crippen molar-refractivity contribution < 1.29 is 14.7 Å². The third-order valence-corrected chi connectivity index (χ3v) is 3.68. The average Bonchev–Trinajstić information content (AvgIpc) is 2.44. The molecule has 0 radical (unpaired) electrons. The number of hydrogen-bond donors (Lipinski definition) is 1. The van der Waals surface area contributed by atoms with Gasteiger partial charge in [0.25, 0.3) is 0 Å². The molecule has 6 heteroatoms. The quantitative estimate of drug-likeness (QED) is 0.454. The van der Waals surface area contributed by atoms with Crippen molar-refractivity contribution in [1.82, 2.24) is 0 Å². The number of hydrogen-bond acceptors (Lipinski definition) is 4. The molecule has 2 rings (SSSR count). The Morgan fingerprint density at radius 3 is 2.10 bits per heavy atom. The van der Waals surface area contributed by atoms with Crippen LogP contribution < -0.4 is 9.47 Å². The largest absolute Gasteiger partial charge is 0.497 e. The zero-order chi connectivity index (χ0) is 14.5. The maximum Gasteiger partial charge on any atom is 0.155 e. The van der Waals surface area contributed by atoms with E-state index in [-0.39, 0.29) is 0 Å². The van der Waals surface area contributed by atoms with Gasteiger partial charge in [-0.1, -0.05) is 5.16 Å². The van der Waals surface area contributed by atoms with Gasteiger partial charge in [-0.2, -0.15) is 0 Å². The van der Waals surface area contributed by atoms with Crippen LogP contribution in [0.25, 0.3) is 0 Å². The Labute approximate surface area is 133 Å². The normalized spacial score (nSPS) is 10.8. The topological polar surface area (TPSA) is 51.0 Å². The van der Waals surface area contributed by atoms with Gasteiger partial charge in [-0.05, 0) is 73.8 Å². The van der Waals surface area contributed by atoms with Gasteiger partial charge in [0, 0.05) is 0 Å². The van der Waals surface area contributed by atoms with Gasteiger partial charge >= 0.3 is 0 Å².